The number of hydrazone groups is 1. The number of anilines is 1. The number of hydrogen-bond donors (Lipinski definition) is 1. The Balaban J connectivity index is 1.38. The van der Waals surface area contributed by atoms with E-state index in [1.807, 2.05) is 24.3 Å². The largest absolute Gasteiger partial charge is 0.310 e. The Morgan fingerprint density at radius 2 is 2.11 bits per heavy atom. The first-order valence-corrected chi connectivity index (χ1v) is 10.7. The highest BCUT2D eigenvalue weighted by Crippen LogP contribution is 2.63. The van der Waals surface area contributed by atoms with Gasteiger partial charge < -0.3 is 4.90 Å². The molecular formula is C21H27N3O2S. The van der Waals surface area contributed by atoms with E-state index >= 15 is 0 Å². The van der Waals surface area contributed by atoms with Gasteiger partial charge in [-0.3, -0.25) is 9.59 Å². The number of hydrogen-bond acceptors (Lipinski definition) is 4. The SMILES string of the molecule is CC1(C)[C@H]2CC[C@]1(C)/C(=N/NC(=O)CCN1C(=O)CSc3ccccc31)C2. The van der Waals surface area contributed by atoms with Crippen LogP contribution in [-0.4, -0.2) is 29.8 Å². The molecule has 1 aromatic rings. The van der Waals surface area contributed by atoms with E-state index in [-0.39, 0.29) is 29.1 Å². The summed E-state index contributed by atoms with van der Waals surface area (Å²) >= 11 is 1.55. The molecule has 0 spiro atoms. The molecular weight excluding hydrogens is 358 g/mol. The van der Waals surface area contributed by atoms with Crippen LogP contribution in [0.3, 0.4) is 0 Å². The average Bonchev–Trinajstić information content (AvgIpc) is 2.99. The zero-order valence-electron chi connectivity index (χ0n) is 16.2. The number of para-hydroxylation sites is 1. The van der Waals surface area contributed by atoms with E-state index in [1.165, 1.54) is 6.42 Å². The first-order chi connectivity index (χ1) is 12.8. The van der Waals surface area contributed by atoms with Crippen molar-refractivity contribution in [2.45, 2.75) is 51.3 Å². The molecule has 27 heavy (non-hydrogen) atoms. The Hall–Kier alpha value is -1.82. The fourth-order valence-electron chi connectivity index (χ4n) is 4.90. The Bertz CT molecular complexity index is 819. The Morgan fingerprint density at radius 1 is 1.33 bits per heavy atom. The van der Waals surface area contributed by atoms with Crippen LogP contribution in [0.2, 0.25) is 0 Å². The molecule has 1 aromatic carbocycles. The van der Waals surface area contributed by atoms with Crippen LogP contribution in [0, 0.1) is 16.7 Å². The molecule has 0 saturated heterocycles. The van der Waals surface area contributed by atoms with Crippen molar-refractivity contribution in [3.8, 4) is 0 Å². The third-order valence-corrected chi connectivity index (χ3v) is 8.25. The predicted octanol–water partition coefficient (Wildman–Crippen LogP) is 3.83. The van der Waals surface area contributed by atoms with Crippen LogP contribution in [0.4, 0.5) is 5.69 Å². The zero-order valence-corrected chi connectivity index (χ0v) is 17.1. The molecule has 0 unspecified atom stereocenters. The summed E-state index contributed by atoms with van der Waals surface area (Å²) in [5.74, 6) is 1.02. The fourth-order valence-corrected chi connectivity index (χ4v) is 5.83. The summed E-state index contributed by atoms with van der Waals surface area (Å²) < 4.78 is 0. The maximum absolute atomic E-state index is 12.4. The first-order valence-electron chi connectivity index (χ1n) is 9.71. The lowest BCUT2D eigenvalue weighted by molar-refractivity contribution is -0.121. The third kappa shape index (κ3) is 2.98. The number of carbonyl (C=O) groups excluding carboxylic acids is 2. The molecule has 144 valence electrons. The van der Waals surface area contributed by atoms with E-state index in [0.717, 1.165) is 29.1 Å². The number of thioether (sulfide) groups is 1. The second-order valence-electron chi connectivity index (χ2n) is 8.64. The van der Waals surface area contributed by atoms with Gasteiger partial charge in [0, 0.05) is 29.0 Å². The normalized spacial score (nSPS) is 29.9. The van der Waals surface area contributed by atoms with Crippen LogP contribution in [0.5, 0.6) is 0 Å². The van der Waals surface area contributed by atoms with Crippen molar-refractivity contribution in [3.05, 3.63) is 24.3 Å². The summed E-state index contributed by atoms with van der Waals surface area (Å²) in [6.07, 6.45) is 3.64. The molecule has 0 radical (unpaired) electrons. The van der Waals surface area contributed by atoms with Crippen molar-refractivity contribution in [3.63, 3.8) is 0 Å². The molecule has 2 atom stereocenters. The van der Waals surface area contributed by atoms with Crippen molar-refractivity contribution in [1.82, 2.24) is 5.43 Å². The van der Waals surface area contributed by atoms with Gasteiger partial charge in [0.15, 0.2) is 0 Å². The number of nitrogens with zero attached hydrogens (tertiary/aromatic N) is 2. The van der Waals surface area contributed by atoms with Crippen LogP contribution in [0.15, 0.2) is 34.3 Å². The van der Waals surface area contributed by atoms with E-state index in [4.69, 9.17) is 0 Å². The Kier molecular flexibility index (Phi) is 4.57. The molecule has 2 aliphatic carbocycles. The van der Waals surface area contributed by atoms with E-state index in [9.17, 15) is 9.59 Å². The monoisotopic (exact) mass is 385 g/mol. The molecule has 6 heteroatoms. The van der Waals surface area contributed by atoms with Crippen LogP contribution in [-0.2, 0) is 9.59 Å². The highest BCUT2D eigenvalue weighted by atomic mass is 32.2. The highest BCUT2D eigenvalue weighted by molar-refractivity contribution is 8.00. The molecule has 3 aliphatic rings. The van der Waals surface area contributed by atoms with Crippen LogP contribution >= 0.6 is 11.8 Å². The highest BCUT2D eigenvalue weighted by Gasteiger charge is 2.60. The second-order valence-corrected chi connectivity index (χ2v) is 9.66. The van der Waals surface area contributed by atoms with Crippen LogP contribution in [0.1, 0.15) is 46.5 Å². The van der Waals surface area contributed by atoms with Gasteiger partial charge >= 0.3 is 0 Å². The van der Waals surface area contributed by atoms with Gasteiger partial charge in [-0.25, -0.2) is 5.43 Å². The molecule has 0 aromatic heterocycles. The molecule has 1 heterocycles. The number of benzene rings is 1. The number of rotatable bonds is 4. The quantitative estimate of drug-likeness (QED) is 0.801. The van der Waals surface area contributed by atoms with E-state index < -0.39 is 0 Å². The fraction of sp³-hybridized carbons (Fsp3) is 0.571. The first kappa shape index (κ1) is 18.5. The zero-order chi connectivity index (χ0) is 19.2. The summed E-state index contributed by atoms with van der Waals surface area (Å²) in [7, 11) is 0. The van der Waals surface area contributed by atoms with Crippen molar-refractivity contribution in [2.75, 3.05) is 17.2 Å². The number of nitrogens with one attached hydrogen (secondary N) is 1. The van der Waals surface area contributed by atoms with E-state index in [1.54, 1.807) is 16.7 Å². The molecule has 2 bridgehead atoms. The summed E-state index contributed by atoms with van der Waals surface area (Å²) in [6, 6.07) is 7.85. The summed E-state index contributed by atoms with van der Waals surface area (Å²) in [6.45, 7) is 7.32. The second kappa shape index (κ2) is 6.66. The average molecular weight is 386 g/mol. The standard InChI is InChI=1S/C21H27N3O2S/c1-20(2)14-8-10-21(20,3)17(12-14)22-23-18(25)9-11-24-15-6-4-5-7-16(15)27-13-19(24)26/h4-7,14H,8-13H2,1-3H3,(H,23,25)/b22-17+/t14-,21+/m0/s1. The lowest BCUT2D eigenvalue weighted by atomic mass is 9.70. The molecule has 2 amide bonds. The van der Waals surface area contributed by atoms with Gasteiger partial charge in [0.2, 0.25) is 11.8 Å². The summed E-state index contributed by atoms with van der Waals surface area (Å²) in [5.41, 5.74) is 5.13. The number of amides is 2. The number of carbonyl (C=O) groups is 2. The smallest absolute Gasteiger partial charge is 0.241 e. The van der Waals surface area contributed by atoms with Gasteiger partial charge in [-0.15, -0.1) is 11.8 Å². The summed E-state index contributed by atoms with van der Waals surface area (Å²) in [4.78, 5) is 27.5. The molecule has 2 fully saturated rings. The molecule has 5 nitrogen and oxygen atoms in total. The van der Waals surface area contributed by atoms with Gasteiger partial charge in [-0.1, -0.05) is 32.9 Å². The minimum atomic E-state index is -0.129. The van der Waals surface area contributed by atoms with Gasteiger partial charge in [-0.2, -0.15) is 5.10 Å². The van der Waals surface area contributed by atoms with Crippen molar-refractivity contribution >= 4 is 35.0 Å². The Morgan fingerprint density at radius 3 is 2.81 bits per heavy atom. The third-order valence-electron chi connectivity index (χ3n) is 7.20. The lowest BCUT2D eigenvalue weighted by Crippen LogP contribution is -2.38. The molecule has 1 N–H and O–H groups in total. The number of fused-ring (bicyclic) bond motifs is 3. The maximum atomic E-state index is 12.4. The molecule has 4 rings (SSSR count). The Labute approximate surface area is 165 Å². The van der Waals surface area contributed by atoms with E-state index in [0.29, 0.717) is 18.2 Å². The summed E-state index contributed by atoms with van der Waals surface area (Å²) in [5, 5.41) is 4.51. The topological polar surface area (TPSA) is 61.8 Å². The minimum absolute atomic E-state index is 0.0557. The van der Waals surface area contributed by atoms with Crippen molar-refractivity contribution in [1.29, 1.82) is 0 Å². The predicted molar refractivity (Wildman–Crippen MR) is 109 cm³/mol. The molecule has 1 aliphatic heterocycles. The van der Waals surface area contributed by atoms with Crippen molar-refractivity contribution in [2.24, 2.45) is 21.8 Å². The lowest BCUT2D eigenvalue weighted by Gasteiger charge is -2.34. The van der Waals surface area contributed by atoms with Crippen LogP contribution in [0.25, 0.3) is 0 Å². The van der Waals surface area contributed by atoms with Crippen LogP contribution < -0.4 is 10.3 Å². The van der Waals surface area contributed by atoms with Gasteiger partial charge in [0.05, 0.1) is 11.4 Å². The minimum Gasteiger partial charge on any atom is -0.310 e. The van der Waals surface area contributed by atoms with Gasteiger partial charge in [0.25, 0.3) is 0 Å². The van der Waals surface area contributed by atoms with E-state index in [2.05, 4.69) is 31.3 Å². The van der Waals surface area contributed by atoms with Gasteiger partial charge in [0.1, 0.15) is 0 Å². The molecule has 2 saturated carbocycles. The maximum Gasteiger partial charge on any atom is 0.241 e. The van der Waals surface area contributed by atoms with Crippen molar-refractivity contribution < 1.29 is 9.59 Å². The van der Waals surface area contributed by atoms with Gasteiger partial charge in [-0.05, 0) is 42.7 Å².